The highest BCUT2D eigenvalue weighted by Gasteiger charge is 2.30. The third-order valence-corrected chi connectivity index (χ3v) is 4.07. The van der Waals surface area contributed by atoms with Gasteiger partial charge in [0.25, 0.3) is 5.56 Å². The number of nitrogens with zero attached hydrogens (tertiary/aromatic N) is 2. The van der Waals surface area contributed by atoms with Gasteiger partial charge in [-0.15, -0.1) is 13.2 Å². The van der Waals surface area contributed by atoms with Crippen LogP contribution >= 0.6 is 0 Å². The molecule has 1 aromatic heterocycles. The van der Waals surface area contributed by atoms with Gasteiger partial charge in [0.2, 0.25) is 0 Å². The fraction of sp³-hybridized carbons (Fsp3) is 0.263. The largest absolute Gasteiger partial charge is 0.573 e. The lowest BCUT2D eigenvalue weighted by Crippen LogP contribution is -2.24. The number of rotatable bonds is 3. The summed E-state index contributed by atoms with van der Waals surface area (Å²) in [5, 5.41) is 0. The second-order valence-electron chi connectivity index (χ2n) is 6.29. The fourth-order valence-electron chi connectivity index (χ4n) is 2.75. The Bertz CT molecular complexity index is 1010. The summed E-state index contributed by atoms with van der Waals surface area (Å²) in [5.41, 5.74) is 3.18. The number of benzene rings is 2. The highest BCUT2D eigenvalue weighted by Crippen LogP contribution is 2.28. The average Bonchev–Trinajstić information content (AvgIpc) is 2.57. The van der Waals surface area contributed by atoms with E-state index in [9.17, 15) is 18.0 Å². The number of aromatic nitrogens is 2. The Kier molecular flexibility index (Phi) is 4.48. The Morgan fingerprint density at radius 2 is 1.65 bits per heavy atom. The first-order chi connectivity index (χ1) is 12.2. The molecule has 0 atom stereocenters. The molecule has 0 unspecified atom stereocenters. The van der Waals surface area contributed by atoms with Crippen LogP contribution in [0.4, 0.5) is 13.2 Å². The first kappa shape index (κ1) is 18.0. The molecule has 0 amide bonds. The van der Waals surface area contributed by atoms with E-state index in [1.54, 1.807) is 23.7 Å². The summed E-state index contributed by atoms with van der Waals surface area (Å²) >= 11 is 0. The first-order valence-electron chi connectivity index (χ1n) is 8.02. The second-order valence-corrected chi connectivity index (χ2v) is 6.29. The van der Waals surface area contributed by atoms with Gasteiger partial charge < -0.3 is 9.30 Å². The van der Waals surface area contributed by atoms with Crippen molar-refractivity contribution in [3.63, 3.8) is 0 Å². The molecule has 0 radical (unpaired) electrons. The van der Waals surface area contributed by atoms with Crippen molar-refractivity contribution >= 4 is 11.0 Å². The van der Waals surface area contributed by atoms with Crippen molar-refractivity contribution in [3.05, 3.63) is 58.5 Å². The molecule has 136 valence electrons. The quantitative estimate of drug-likeness (QED) is 0.683. The molecule has 0 aliphatic rings. The van der Waals surface area contributed by atoms with Gasteiger partial charge in [0.05, 0.1) is 11.0 Å². The summed E-state index contributed by atoms with van der Waals surface area (Å²) in [4.78, 5) is 16.9. The molecule has 3 aromatic rings. The Labute approximate surface area is 147 Å². The van der Waals surface area contributed by atoms with Gasteiger partial charge in [0.15, 0.2) is 0 Å². The van der Waals surface area contributed by atoms with Gasteiger partial charge in [-0.05, 0) is 35.4 Å². The lowest BCUT2D eigenvalue weighted by atomic mass is 10.0. The van der Waals surface area contributed by atoms with E-state index in [1.807, 2.05) is 19.9 Å². The van der Waals surface area contributed by atoms with Crippen molar-refractivity contribution in [1.82, 2.24) is 9.55 Å². The van der Waals surface area contributed by atoms with Crippen LogP contribution in [0, 0.1) is 0 Å². The molecule has 1 heterocycles. The molecule has 4 nitrogen and oxygen atoms in total. The summed E-state index contributed by atoms with van der Waals surface area (Å²) < 4.78 is 42.2. The van der Waals surface area contributed by atoms with E-state index in [0.29, 0.717) is 22.3 Å². The summed E-state index contributed by atoms with van der Waals surface area (Å²) in [7, 11) is 1.68. The van der Waals surface area contributed by atoms with E-state index in [2.05, 4.69) is 9.72 Å². The SMILES string of the molecule is CC(C)c1nc2ccc(-c3ccc(OC(F)(F)F)cc3)cc2n(C)c1=O. The zero-order valence-electron chi connectivity index (χ0n) is 14.5. The van der Waals surface area contributed by atoms with Gasteiger partial charge >= 0.3 is 6.36 Å². The highest BCUT2D eigenvalue weighted by atomic mass is 19.4. The number of alkyl halides is 3. The van der Waals surface area contributed by atoms with E-state index in [1.165, 1.54) is 24.3 Å². The Hall–Kier alpha value is -2.83. The number of halogens is 3. The minimum atomic E-state index is -4.72. The third-order valence-electron chi connectivity index (χ3n) is 4.07. The zero-order chi connectivity index (χ0) is 19.1. The Morgan fingerprint density at radius 1 is 1.04 bits per heavy atom. The molecule has 26 heavy (non-hydrogen) atoms. The van der Waals surface area contributed by atoms with E-state index in [4.69, 9.17) is 0 Å². The van der Waals surface area contributed by atoms with Crippen LogP contribution in [0.1, 0.15) is 25.5 Å². The summed E-state index contributed by atoms with van der Waals surface area (Å²) in [5.74, 6) is -0.267. The van der Waals surface area contributed by atoms with Crippen molar-refractivity contribution < 1.29 is 17.9 Å². The Balaban J connectivity index is 2.03. The molecule has 0 spiro atoms. The maximum absolute atomic E-state index is 12.4. The minimum Gasteiger partial charge on any atom is -0.406 e. The predicted molar refractivity (Wildman–Crippen MR) is 93.2 cm³/mol. The van der Waals surface area contributed by atoms with Crippen LogP contribution in [0.15, 0.2) is 47.3 Å². The number of fused-ring (bicyclic) bond motifs is 1. The van der Waals surface area contributed by atoms with E-state index in [-0.39, 0.29) is 17.2 Å². The van der Waals surface area contributed by atoms with Crippen LogP contribution in [0.3, 0.4) is 0 Å². The van der Waals surface area contributed by atoms with E-state index < -0.39 is 6.36 Å². The van der Waals surface area contributed by atoms with Crippen molar-refractivity contribution in [3.8, 4) is 16.9 Å². The molecule has 0 bridgehead atoms. The smallest absolute Gasteiger partial charge is 0.406 e. The van der Waals surface area contributed by atoms with Crippen LogP contribution in [0.5, 0.6) is 5.75 Å². The predicted octanol–water partition coefficient (Wildman–Crippen LogP) is 4.62. The summed E-state index contributed by atoms with van der Waals surface area (Å²) in [6.45, 7) is 3.82. The van der Waals surface area contributed by atoms with Crippen LogP contribution < -0.4 is 10.3 Å². The fourth-order valence-corrected chi connectivity index (χ4v) is 2.75. The monoisotopic (exact) mass is 362 g/mol. The molecule has 0 aliphatic carbocycles. The van der Waals surface area contributed by atoms with Crippen molar-refractivity contribution in [2.24, 2.45) is 7.05 Å². The molecular weight excluding hydrogens is 345 g/mol. The zero-order valence-corrected chi connectivity index (χ0v) is 14.5. The summed E-state index contributed by atoms with van der Waals surface area (Å²) in [6.07, 6.45) is -4.72. The maximum Gasteiger partial charge on any atom is 0.573 e. The molecule has 3 rings (SSSR count). The van der Waals surface area contributed by atoms with Crippen molar-refractivity contribution in [2.75, 3.05) is 0 Å². The maximum atomic E-state index is 12.4. The number of aryl methyl sites for hydroxylation is 1. The average molecular weight is 362 g/mol. The normalized spacial score (nSPS) is 12.0. The van der Waals surface area contributed by atoms with Gasteiger partial charge in [-0.1, -0.05) is 32.0 Å². The first-order valence-corrected chi connectivity index (χ1v) is 8.02. The van der Waals surface area contributed by atoms with Gasteiger partial charge in [-0.25, -0.2) is 4.98 Å². The van der Waals surface area contributed by atoms with Crippen LogP contribution in [-0.4, -0.2) is 15.9 Å². The highest BCUT2D eigenvalue weighted by molar-refractivity contribution is 5.82. The van der Waals surface area contributed by atoms with Gasteiger partial charge in [0, 0.05) is 13.0 Å². The lowest BCUT2D eigenvalue weighted by molar-refractivity contribution is -0.274. The molecule has 0 fully saturated rings. The number of hydrogen-bond acceptors (Lipinski definition) is 3. The summed E-state index contributed by atoms with van der Waals surface area (Å²) in [6, 6.07) is 11.0. The standard InChI is InChI=1S/C19H17F3N2O2/c1-11(2)17-18(25)24(3)16-10-13(6-9-15(16)23-17)12-4-7-14(8-5-12)26-19(20,21)22/h4-11H,1-3H3. The number of hydrogen-bond donors (Lipinski definition) is 0. The molecular formula is C19H17F3N2O2. The molecule has 0 N–H and O–H groups in total. The molecule has 0 aliphatic heterocycles. The molecule has 2 aromatic carbocycles. The number of ether oxygens (including phenoxy) is 1. The minimum absolute atomic E-state index is 0.0129. The third kappa shape index (κ3) is 3.56. The second kappa shape index (κ2) is 6.48. The van der Waals surface area contributed by atoms with Crippen LogP contribution in [0.2, 0.25) is 0 Å². The van der Waals surface area contributed by atoms with Crippen molar-refractivity contribution in [2.45, 2.75) is 26.1 Å². The molecule has 0 saturated heterocycles. The Morgan fingerprint density at radius 3 is 2.23 bits per heavy atom. The van der Waals surface area contributed by atoms with Gasteiger partial charge in [0.1, 0.15) is 11.4 Å². The van der Waals surface area contributed by atoms with Gasteiger partial charge in [-0.3, -0.25) is 4.79 Å². The van der Waals surface area contributed by atoms with Crippen molar-refractivity contribution in [1.29, 1.82) is 0 Å². The molecule has 0 saturated carbocycles. The molecule has 7 heteroatoms. The lowest BCUT2D eigenvalue weighted by Gasteiger charge is -2.12. The van der Waals surface area contributed by atoms with Crippen LogP contribution in [-0.2, 0) is 7.05 Å². The van der Waals surface area contributed by atoms with E-state index in [0.717, 1.165) is 5.56 Å². The van der Waals surface area contributed by atoms with Crippen LogP contribution in [0.25, 0.3) is 22.2 Å². The van der Waals surface area contributed by atoms with E-state index >= 15 is 0 Å². The van der Waals surface area contributed by atoms with Gasteiger partial charge in [-0.2, -0.15) is 0 Å². The topological polar surface area (TPSA) is 44.1 Å².